The monoisotopic (exact) mass is 263 g/mol. The maximum Gasteiger partial charge on any atom is 0.119 e. The summed E-state index contributed by atoms with van der Waals surface area (Å²) < 4.78 is 5.64. The van der Waals surface area contributed by atoms with Gasteiger partial charge in [-0.2, -0.15) is 0 Å². The molecule has 0 saturated heterocycles. The summed E-state index contributed by atoms with van der Waals surface area (Å²) in [7, 11) is 0. The predicted octanol–water partition coefficient (Wildman–Crippen LogP) is 2.96. The maximum absolute atomic E-state index is 8.91. The number of hydrogen-bond donors (Lipinski definition) is 1. The lowest BCUT2D eigenvalue weighted by Crippen LogP contribution is -1.99. The van der Waals surface area contributed by atoms with E-state index in [9.17, 15) is 0 Å². The van der Waals surface area contributed by atoms with Crippen LogP contribution in [0.25, 0.3) is 0 Å². The summed E-state index contributed by atoms with van der Waals surface area (Å²) in [6.45, 7) is 2.78. The summed E-state index contributed by atoms with van der Waals surface area (Å²) in [5.41, 5.74) is 2.00. The molecule has 96 valence electrons. The number of aryl methyl sites for hydroxylation is 2. The highest BCUT2D eigenvalue weighted by Crippen LogP contribution is 2.14. The molecular weight excluding hydrogens is 246 g/mol. The average molecular weight is 263 g/mol. The van der Waals surface area contributed by atoms with Crippen LogP contribution < -0.4 is 4.74 Å². The van der Waals surface area contributed by atoms with Gasteiger partial charge in [0.15, 0.2) is 0 Å². The lowest BCUT2D eigenvalue weighted by atomic mass is 10.2. The zero-order chi connectivity index (χ0) is 12.8. The summed E-state index contributed by atoms with van der Waals surface area (Å²) in [6.07, 6.45) is 1.84. The van der Waals surface area contributed by atoms with Crippen molar-refractivity contribution in [1.29, 1.82) is 0 Å². The molecule has 0 saturated carbocycles. The molecule has 0 amide bonds. The van der Waals surface area contributed by atoms with Gasteiger partial charge in [0.1, 0.15) is 5.75 Å². The molecule has 0 radical (unpaired) electrons. The molecule has 3 nitrogen and oxygen atoms in total. The minimum Gasteiger partial charge on any atom is -0.494 e. The van der Waals surface area contributed by atoms with Crippen LogP contribution in [0, 0.1) is 6.92 Å². The van der Waals surface area contributed by atoms with Crippen molar-refractivity contribution in [3.8, 4) is 5.75 Å². The Morgan fingerprint density at radius 2 is 2.06 bits per heavy atom. The van der Waals surface area contributed by atoms with Crippen molar-refractivity contribution in [1.82, 2.24) is 4.98 Å². The first-order valence-electron chi connectivity index (χ1n) is 6.01. The number of hydrogen-bond acceptors (Lipinski definition) is 4. The second-order valence-corrected chi connectivity index (χ2v) is 5.10. The van der Waals surface area contributed by atoms with Crippen molar-refractivity contribution in [3.05, 3.63) is 45.9 Å². The Bertz CT molecular complexity index is 479. The molecule has 0 spiro atoms. The van der Waals surface area contributed by atoms with Gasteiger partial charge in [-0.05, 0) is 25.5 Å². The lowest BCUT2D eigenvalue weighted by molar-refractivity contribution is 0.277. The number of aliphatic hydroxyl groups is 1. The van der Waals surface area contributed by atoms with E-state index in [0.717, 1.165) is 29.3 Å². The number of thiazole rings is 1. The minimum absolute atomic E-state index is 0.0242. The molecule has 1 heterocycles. The summed E-state index contributed by atoms with van der Waals surface area (Å²) >= 11 is 1.60. The molecule has 0 unspecified atom stereocenters. The van der Waals surface area contributed by atoms with Crippen molar-refractivity contribution >= 4 is 11.3 Å². The molecule has 0 aliphatic heterocycles. The smallest absolute Gasteiger partial charge is 0.119 e. The van der Waals surface area contributed by atoms with E-state index in [4.69, 9.17) is 9.84 Å². The van der Waals surface area contributed by atoms with Crippen molar-refractivity contribution in [2.45, 2.75) is 26.4 Å². The van der Waals surface area contributed by atoms with Crippen molar-refractivity contribution in [3.63, 3.8) is 0 Å². The van der Waals surface area contributed by atoms with E-state index >= 15 is 0 Å². The highest BCUT2D eigenvalue weighted by atomic mass is 32.1. The summed E-state index contributed by atoms with van der Waals surface area (Å²) in [5.74, 6) is 0.913. The van der Waals surface area contributed by atoms with Crippen LogP contribution in [0.1, 0.15) is 22.7 Å². The largest absolute Gasteiger partial charge is 0.494 e. The average Bonchev–Trinajstić information content (AvgIpc) is 2.85. The van der Waals surface area contributed by atoms with E-state index in [1.807, 2.05) is 29.6 Å². The first kappa shape index (κ1) is 13.1. The van der Waals surface area contributed by atoms with Crippen LogP contribution in [0.4, 0.5) is 0 Å². The third kappa shape index (κ3) is 3.82. The second kappa shape index (κ2) is 6.52. The van der Waals surface area contributed by atoms with E-state index in [1.165, 1.54) is 5.56 Å². The van der Waals surface area contributed by atoms with Gasteiger partial charge in [0.05, 0.1) is 23.9 Å². The van der Waals surface area contributed by atoms with Crippen LogP contribution in [0.2, 0.25) is 0 Å². The van der Waals surface area contributed by atoms with Crippen LogP contribution >= 0.6 is 11.3 Å². The Morgan fingerprint density at radius 1 is 1.28 bits per heavy atom. The van der Waals surface area contributed by atoms with Crippen LogP contribution in [-0.4, -0.2) is 16.7 Å². The van der Waals surface area contributed by atoms with Gasteiger partial charge in [-0.3, -0.25) is 0 Å². The summed E-state index contributed by atoms with van der Waals surface area (Å²) in [4.78, 5) is 4.30. The number of nitrogens with zero attached hydrogens (tertiary/aromatic N) is 1. The van der Waals surface area contributed by atoms with Gasteiger partial charge in [0.25, 0.3) is 0 Å². The summed E-state index contributed by atoms with van der Waals surface area (Å²) in [6, 6.07) is 8.07. The fourth-order valence-corrected chi connectivity index (χ4v) is 2.42. The van der Waals surface area contributed by atoms with Gasteiger partial charge in [0.2, 0.25) is 0 Å². The maximum atomic E-state index is 8.91. The first-order chi connectivity index (χ1) is 8.78. The van der Waals surface area contributed by atoms with E-state index in [2.05, 4.69) is 11.9 Å². The Labute approximate surface area is 111 Å². The molecule has 2 aromatic rings. The highest BCUT2D eigenvalue weighted by molar-refractivity contribution is 7.09. The van der Waals surface area contributed by atoms with Crippen LogP contribution in [0.15, 0.2) is 29.6 Å². The third-order valence-electron chi connectivity index (χ3n) is 2.59. The van der Waals surface area contributed by atoms with Gasteiger partial charge < -0.3 is 9.84 Å². The Hall–Kier alpha value is -1.39. The zero-order valence-corrected chi connectivity index (χ0v) is 11.2. The van der Waals surface area contributed by atoms with E-state index in [-0.39, 0.29) is 6.61 Å². The Balaban J connectivity index is 1.71. The fraction of sp³-hybridized carbons (Fsp3) is 0.357. The van der Waals surface area contributed by atoms with Crippen molar-refractivity contribution in [2.24, 2.45) is 0 Å². The number of ether oxygens (including phenoxy) is 1. The molecule has 1 N–H and O–H groups in total. The van der Waals surface area contributed by atoms with Gasteiger partial charge >= 0.3 is 0 Å². The van der Waals surface area contributed by atoms with Crippen LogP contribution in [-0.2, 0) is 13.0 Å². The van der Waals surface area contributed by atoms with Gasteiger partial charge in [-0.1, -0.05) is 17.7 Å². The van der Waals surface area contributed by atoms with Gasteiger partial charge in [-0.25, -0.2) is 4.98 Å². The van der Waals surface area contributed by atoms with Crippen LogP contribution in [0.3, 0.4) is 0 Å². The molecular formula is C14H17NO2S. The fourth-order valence-electron chi connectivity index (χ4n) is 1.58. The lowest BCUT2D eigenvalue weighted by Gasteiger charge is -2.05. The standard InChI is InChI=1S/C14H17NO2S/c1-11-4-6-13(7-5-11)17-8-2-3-14-15-12(9-16)10-18-14/h4-7,10,16H,2-3,8-9H2,1H3. The molecule has 0 aliphatic rings. The molecule has 1 aromatic heterocycles. The topological polar surface area (TPSA) is 42.4 Å². The zero-order valence-electron chi connectivity index (χ0n) is 10.4. The first-order valence-corrected chi connectivity index (χ1v) is 6.89. The summed E-state index contributed by atoms with van der Waals surface area (Å²) in [5, 5.41) is 11.9. The molecule has 1 aromatic carbocycles. The highest BCUT2D eigenvalue weighted by Gasteiger charge is 2.01. The quantitative estimate of drug-likeness (QED) is 0.815. The predicted molar refractivity (Wildman–Crippen MR) is 73.0 cm³/mol. The Morgan fingerprint density at radius 3 is 2.72 bits per heavy atom. The minimum atomic E-state index is 0.0242. The second-order valence-electron chi connectivity index (χ2n) is 4.16. The van der Waals surface area contributed by atoms with Gasteiger partial charge in [-0.15, -0.1) is 11.3 Å². The molecule has 2 rings (SSSR count). The van der Waals surface area contributed by atoms with Crippen LogP contribution in [0.5, 0.6) is 5.75 Å². The normalized spacial score (nSPS) is 10.6. The molecule has 18 heavy (non-hydrogen) atoms. The van der Waals surface area contributed by atoms with E-state index in [1.54, 1.807) is 11.3 Å². The number of aromatic nitrogens is 1. The molecule has 0 aliphatic carbocycles. The Kier molecular flexibility index (Phi) is 4.73. The van der Waals surface area contributed by atoms with Crippen molar-refractivity contribution < 1.29 is 9.84 Å². The van der Waals surface area contributed by atoms with E-state index < -0.39 is 0 Å². The molecule has 0 fully saturated rings. The third-order valence-corrected chi connectivity index (χ3v) is 3.54. The number of aliphatic hydroxyl groups excluding tert-OH is 1. The SMILES string of the molecule is Cc1ccc(OCCCc2nc(CO)cs2)cc1. The van der Waals surface area contributed by atoms with Gasteiger partial charge in [0, 0.05) is 11.8 Å². The molecule has 4 heteroatoms. The molecule has 0 bridgehead atoms. The number of rotatable bonds is 6. The van der Waals surface area contributed by atoms with E-state index in [0.29, 0.717) is 6.61 Å². The molecule has 0 atom stereocenters. The van der Waals surface area contributed by atoms with Crippen molar-refractivity contribution in [2.75, 3.05) is 6.61 Å². The number of benzene rings is 1.